The number of anilines is 2. The van der Waals surface area contributed by atoms with Crippen molar-refractivity contribution in [1.29, 1.82) is 0 Å². The van der Waals surface area contributed by atoms with Gasteiger partial charge in [-0.05, 0) is 48.7 Å². The van der Waals surface area contributed by atoms with Crippen molar-refractivity contribution in [3.05, 3.63) is 29.0 Å². The van der Waals surface area contributed by atoms with E-state index in [1.165, 1.54) is 0 Å². The van der Waals surface area contributed by atoms with E-state index in [2.05, 4.69) is 20.3 Å². The maximum absolute atomic E-state index is 5.88. The Balaban J connectivity index is 2.20. The molecule has 2 rings (SSSR count). The van der Waals surface area contributed by atoms with Crippen LogP contribution >= 0.6 is 11.6 Å². The molecular formula is C14H17ClN4O2. The quantitative estimate of drug-likeness (QED) is 0.882. The normalized spacial score (nSPS) is 10.3. The van der Waals surface area contributed by atoms with Gasteiger partial charge in [0.1, 0.15) is 5.75 Å². The number of benzene rings is 1. The molecule has 112 valence electrons. The second kappa shape index (κ2) is 7.08. The van der Waals surface area contributed by atoms with Crippen molar-refractivity contribution in [1.82, 2.24) is 15.0 Å². The minimum absolute atomic E-state index is 0.0877. The van der Waals surface area contributed by atoms with Crippen molar-refractivity contribution in [2.75, 3.05) is 19.0 Å². The predicted octanol–water partition coefficient (Wildman–Crippen LogP) is 3.37. The first-order valence-electron chi connectivity index (χ1n) is 6.58. The lowest BCUT2D eigenvalue weighted by Crippen LogP contribution is -2.05. The molecule has 0 aliphatic heterocycles. The van der Waals surface area contributed by atoms with Gasteiger partial charge < -0.3 is 14.8 Å². The molecule has 0 saturated heterocycles. The maximum atomic E-state index is 5.88. The van der Waals surface area contributed by atoms with Crippen LogP contribution in [0.25, 0.3) is 0 Å². The number of hydrogen-bond donors (Lipinski definition) is 1. The zero-order valence-corrected chi connectivity index (χ0v) is 12.9. The molecule has 0 spiro atoms. The standard InChI is InChI=1S/C14H17ClN4O2/c1-4-7-21-14-18-12(15)17-13(19-14)16-11-6-5-10(20-3)8-9(11)2/h5-6,8H,4,7H2,1-3H3,(H,16,17,18,19). The molecule has 1 N–H and O–H groups in total. The summed E-state index contributed by atoms with van der Waals surface area (Å²) >= 11 is 5.88. The number of nitrogens with zero attached hydrogens (tertiary/aromatic N) is 3. The van der Waals surface area contributed by atoms with Gasteiger partial charge in [-0.25, -0.2) is 0 Å². The Labute approximate surface area is 128 Å². The van der Waals surface area contributed by atoms with Gasteiger partial charge in [-0.2, -0.15) is 15.0 Å². The molecule has 1 aromatic carbocycles. The van der Waals surface area contributed by atoms with E-state index < -0.39 is 0 Å². The van der Waals surface area contributed by atoms with Crippen LogP contribution in [0.2, 0.25) is 5.28 Å². The van der Waals surface area contributed by atoms with E-state index >= 15 is 0 Å². The van der Waals surface area contributed by atoms with Crippen LogP contribution in [-0.4, -0.2) is 28.7 Å². The Morgan fingerprint density at radius 1 is 1.24 bits per heavy atom. The largest absolute Gasteiger partial charge is 0.497 e. The molecule has 0 saturated carbocycles. The van der Waals surface area contributed by atoms with Crippen LogP contribution in [0.1, 0.15) is 18.9 Å². The zero-order chi connectivity index (χ0) is 15.2. The van der Waals surface area contributed by atoms with E-state index in [9.17, 15) is 0 Å². The van der Waals surface area contributed by atoms with E-state index in [1.54, 1.807) is 7.11 Å². The number of methoxy groups -OCH3 is 1. The van der Waals surface area contributed by atoms with E-state index in [0.29, 0.717) is 12.6 Å². The van der Waals surface area contributed by atoms with E-state index in [-0.39, 0.29) is 11.3 Å². The van der Waals surface area contributed by atoms with Crippen LogP contribution in [0.3, 0.4) is 0 Å². The lowest BCUT2D eigenvalue weighted by Gasteiger charge is -2.10. The smallest absolute Gasteiger partial charge is 0.322 e. The van der Waals surface area contributed by atoms with Crippen LogP contribution in [-0.2, 0) is 0 Å². The fourth-order valence-electron chi connectivity index (χ4n) is 1.67. The molecule has 0 atom stereocenters. The first-order chi connectivity index (χ1) is 10.1. The molecule has 2 aromatic rings. The minimum atomic E-state index is 0.0877. The minimum Gasteiger partial charge on any atom is -0.497 e. The molecule has 1 heterocycles. The highest BCUT2D eigenvalue weighted by atomic mass is 35.5. The van der Waals surface area contributed by atoms with Gasteiger partial charge in [-0.15, -0.1) is 0 Å². The topological polar surface area (TPSA) is 69.2 Å². The van der Waals surface area contributed by atoms with Crippen molar-refractivity contribution < 1.29 is 9.47 Å². The van der Waals surface area contributed by atoms with Gasteiger partial charge in [-0.1, -0.05) is 6.92 Å². The maximum Gasteiger partial charge on any atom is 0.322 e. The fourth-order valence-corrected chi connectivity index (χ4v) is 1.82. The third kappa shape index (κ3) is 4.19. The summed E-state index contributed by atoms with van der Waals surface area (Å²) < 4.78 is 10.5. The number of aryl methyl sites for hydroxylation is 1. The molecule has 0 bridgehead atoms. The molecule has 0 amide bonds. The van der Waals surface area contributed by atoms with E-state index in [1.807, 2.05) is 32.0 Å². The predicted molar refractivity (Wildman–Crippen MR) is 81.6 cm³/mol. The first kappa shape index (κ1) is 15.3. The van der Waals surface area contributed by atoms with Crippen molar-refractivity contribution in [2.45, 2.75) is 20.3 Å². The Morgan fingerprint density at radius 3 is 2.71 bits per heavy atom. The van der Waals surface area contributed by atoms with Crippen molar-refractivity contribution >= 4 is 23.2 Å². The average molecular weight is 309 g/mol. The molecule has 7 heteroatoms. The highest BCUT2D eigenvalue weighted by Gasteiger charge is 2.08. The second-order valence-electron chi connectivity index (χ2n) is 4.36. The average Bonchev–Trinajstić information content (AvgIpc) is 2.46. The highest BCUT2D eigenvalue weighted by molar-refractivity contribution is 6.28. The number of rotatable bonds is 6. The molecular weight excluding hydrogens is 292 g/mol. The Hall–Kier alpha value is -2.08. The molecule has 0 unspecified atom stereocenters. The molecule has 6 nitrogen and oxygen atoms in total. The van der Waals surface area contributed by atoms with Crippen molar-refractivity contribution in [3.8, 4) is 11.8 Å². The Morgan fingerprint density at radius 2 is 2.05 bits per heavy atom. The summed E-state index contributed by atoms with van der Waals surface area (Å²) in [5, 5.41) is 3.19. The van der Waals surface area contributed by atoms with E-state index in [4.69, 9.17) is 21.1 Å². The Bertz CT molecular complexity index is 622. The van der Waals surface area contributed by atoms with Gasteiger partial charge in [0.15, 0.2) is 0 Å². The van der Waals surface area contributed by atoms with Crippen molar-refractivity contribution in [2.24, 2.45) is 0 Å². The summed E-state index contributed by atoms with van der Waals surface area (Å²) in [5.41, 5.74) is 1.86. The monoisotopic (exact) mass is 308 g/mol. The van der Waals surface area contributed by atoms with Gasteiger partial charge in [-0.3, -0.25) is 0 Å². The zero-order valence-electron chi connectivity index (χ0n) is 12.2. The Kier molecular flexibility index (Phi) is 5.16. The number of halogens is 1. The van der Waals surface area contributed by atoms with Gasteiger partial charge >= 0.3 is 6.01 Å². The van der Waals surface area contributed by atoms with Gasteiger partial charge in [0.25, 0.3) is 0 Å². The second-order valence-corrected chi connectivity index (χ2v) is 4.70. The van der Waals surface area contributed by atoms with Crippen LogP contribution in [0.4, 0.5) is 11.6 Å². The summed E-state index contributed by atoms with van der Waals surface area (Å²) in [6, 6.07) is 5.87. The molecule has 0 aliphatic carbocycles. The van der Waals surface area contributed by atoms with Crippen LogP contribution in [0.15, 0.2) is 18.2 Å². The molecule has 0 radical (unpaired) electrons. The van der Waals surface area contributed by atoms with Gasteiger partial charge in [0, 0.05) is 5.69 Å². The summed E-state index contributed by atoms with van der Waals surface area (Å²) in [6.45, 7) is 4.49. The number of ether oxygens (including phenoxy) is 2. The summed E-state index contributed by atoms with van der Waals surface area (Å²) in [6.07, 6.45) is 0.865. The molecule has 0 fully saturated rings. The first-order valence-corrected chi connectivity index (χ1v) is 6.96. The van der Waals surface area contributed by atoms with E-state index in [0.717, 1.165) is 23.4 Å². The summed E-state index contributed by atoms with van der Waals surface area (Å²) in [4.78, 5) is 12.1. The third-order valence-corrected chi connectivity index (χ3v) is 2.87. The number of nitrogens with one attached hydrogen (secondary N) is 1. The lowest BCUT2D eigenvalue weighted by molar-refractivity contribution is 0.292. The summed E-state index contributed by atoms with van der Waals surface area (Å²) in [7, 11) is 1.63. The highest BCUT2D eigenvalue weighted by Crippen LogP contribution is 2.24. The molecule has 0 aliphatic rings. The lowest BCUT2D eigenvalue weighted by atomic mass is 10.2. The van der Waals surface area contributed by atoms with Crippen LogP contribution < -0.4 is 14.8 Å². The van der Waals surface area contributed by atoms with Crippen LogP contribution in [0.5, 0.6) is 11.8 Å². The third-order valence-electron chi connectivity index (χ3n) is 2.70. The van der Waals surface area contributed by atoms with Crippen LogP contribution in [0, 0.1) is 6.92 Å². The number of hydrogen-bond acceptors (Lipinski definition) is 6. The SMILES string of the molecule is CCCOc1nc(Cl)nc(Nc2ccc(OC)cc2C)n1. The molecule has 21 heavy (non-hydrogen) atoms. The molecule has 1 aromatic heterocycles. The number of aromatic nitrogens is 3. The van der Waals surface area contributed by atoms with Crippen molar-refractivity contribution in [3.63, 3.8) is 0 Å². The fraction of sp³-hybridized carbons (Fsp3) is 0.357. The summed E-state index contributed by atoms with van der Waals surface area (Å²) in [5.74, 6) is 1.13. The van der Waals surface area contributed by atoms with Gasteiger partial charge in [0.05, 0.1) is 13.7 Å². The van der Waals surface area contributed by atoms with Gasteiger partial charge in [0.2, 0.25) is 11.2 Å².